The average Bonchev–Trinajstić information content (AvgIpc) is 3.47. The van der Waals surface area contributed by atoms with Crippen molar-refractivity contribution in [3.63, 3.8) is 0 Å². The Morgan fingerprint density at radius 1 is 0.465 bits per heavy atom. The van der Waals surface area contributed by atoms with Crippen molar-refractivity contribution in [1.29, 1.82) is 0 Å². The lowest BCUT2D eigenvalue weighted by Gasteiger charge is -2.10. The van der Waals surface area contributed by atoms with E-state index in [4.69, 9.17) is 14.4 Å². The Morgan fingerprint density at radius 2 is 1.19 bits per heavy atom. The van der Waals surface area contributed by atoms with Crippen LogP contribution in [0.3, 0.4) is 0 Å². The van der Waals surface area contributed by atoms with E-state index in [-0.39, 0.29) is 0 Å². The monoisotopic (exact) mass is 548 g/mol. The zero-order valence-electron chi connectivity index (χ0n) is 23.2. The van der Waals surface area contributed by atoms with Gasteiger partial charge in [-0.05, 0) is 35.2 Å². The lowest BCUT2D eigenvalue weighted by Crippen LogP contribution is -1.89. The summed E-state index contributed by atoms with van der Waals surface area (Å²) >= 11 is 0. The number of para-hydroxylation sites is 2. The van der Waals surface area contributed by atoms with Gasteiger partial charge in [-0.25, -0.2) is 4.98 Å². The third-order valence-corrected chi connectivity index (χ3v) is 8.48. The van der Waals surface area contributed by atoms with Crippen LogP contribution in [0.1, 0.15) is 0 Å². The SMILES string of the molecule is c1ccc(-c2cc3ccc(-c4cccc5c4oc4c5ccc5c(-c6ccccc6)nc6ccccc6c54)cc3cn2)cc1. The van der Waals surface area contributed by atoms with Crippen molar-refractivity contribution in [3.8, 4) is 33.6 Å². The zero-order valence-corrected chi connectivity index (χ0v) is 23.2. The van der Waals surface area contributed by atoms with Crippen molar-refractivity contribution in [3.05, 3.63) is 146 Å². The summed E-state index contributed by atoms with van der Waals surface area (Å²) < 4.78 is 6.90. The lowest BCUT2D eigenvalue weighted by molar-refractivity contribution is 0.674. The van der Waals surface area contributed by atoms with E-state index >= 15 is 0 Å². The largest absolute Gasteiger partial charge is 0.455 e. The first-order valence-corrected chi connectivity index (χ1v) is 14.5. The number of nitrogens with zero attached hydrogens (tertiary/aromatic N) is 2. The number of hydrogen-bond acceptors (Lipinski definition) is 3. The highest BCUT2D eigenvalue weighted by Crippen LogP contribution is 2.43. The summed E-state index contributed by atoms with van der Waals surface area (Å²) in [6.45, 7) is 0. The molecule has 0 fully saturated rings. The minimum Gasteiger partial charge on any atom is -0.455 e. The molecule has 0 saturated heterocycles. The molecule has 43 heavy (non-hydrogen) atoms. The molecule has 0 spiro atoms. The molecule has 0 bridgehead atoms. The molecule has 0 aliphatic heterocycles. The molecule has 3 heterocycles. The number of furan rings is 1. The smallest absolute Gasteiger partial charge is 0.144 e. The fraction of sp³-hybridized carbons (Fsp3) is 0. The van der Waals surface area contributed by atoms with Crippen LogP contribution >= 0.6 is 0 Å². The normalized spacial score (nSPS) is 11.7. The highest BCUT2D eigenvalue weighted by molar-refractivity contribution is 6.25. The van der Waals surface area contributed by atoms with Gasteiger partial charge in [0.1, 0.15) is 11.2 Å². The summed E-state index contributed by atoms with van der Waals surface area (Å²) in [4.78, 5) is 9.88. The van der Waals surface area contributed by atoms with Gasteiger partial charge in [-0.1, -0.05) is 115 Å². The van der Waals surface area contributed by atoms with Crippen molar-refractivity contribution in [2.24, 2.45) is 0 Å². The summed E-state index contributed by atoms with van der Waals surface area (Å²) in [5.74, 6) is 0. The van der Waals surface area contributed by atoms with Crippen LogP contribution in [-0.4, -0.2) is 9.97 Å². The molecule has 0 aliphatic carbocycles. The Kier molecular flexibility index (Phi) is 5.20. The van der Waals surface area contributed by atoms with Gasteiger partial charge in [-0.2, -0.15) is 0 Å². The standard InChI is InChI=1S/C40H24N2O/c1-3-10-25(11-4-1)36-23-27-18-19-28(22-29(27)24-41-36)30-15-9-16-31-32-20-21-34-37(40(32)43-39(30)31)33-14-7-8-17-35(33)42-38(34)26-12-5-2-6-13-26/h1-24H. The second kappa shape index (κ2) is 9.37. The van der Waals surface area contributed by atoms with Gasteiger partial charge < -0.3 is 4.42 Å². The van der Waals surface area contributed by atoms with Gasteiger partial charge in [-0.3, -0.25) is 4.98 Å². The molecule has 3 heteroatoms. The Bertz CT molecular complexity index is 2500. The first kappa shape index (κ1) is 23.9. The van der Waals surface area contributed by atoms with Crippen LogP contribution < -0.4 is 0 Å². The summed E-state index contributed by atoms with van der Waals surface area (Å²) in [6, 6.07) is 48.6. The van der Waals surface area contributed by atoms with Crippen LogP contribution in [0, 0.1) is 0 Å². The van der Waals surface area contributed by atoms with E-state index in [9.17, 15) is 0 Å². The molecule has 0 radical (unpaired) electrons. The van der Waals surface area contributed by atoms with Crippen LogP contribution in [0.2, 0.25) is 0 Å². The van der Waals surface area contributed by atoms with E-state index < -0.39 is 0 Å². The molecule has 0 aliphatic rings. The zero-order chi connectivity index (χ0) is 28.3. The number of pyridine rings is 2. The van der Waals surface area contributed by atoms with Crippen LogP contribution in [0.5, 0.6) is 0 Å². The molecular weight excluding hydrogens is 524 g/mol. The van der Waals surface area contributed by atoms with E-state index in [1.54, 1.807) is 0 Å². The quantitative estimate of drug-likeness (QED) is 0.206. The molecule has 9 rings (SSSR count). The van der Waals surface area contributed by atoms with E-state index in [1.807, 2.05) is 36.5 Å². The number of benzene rings is 6. The lowest BCUT2D eigenvalue weighted by atomic mass is 9.97. The van der Waals surface area contributed by atoms with Crippen LogP contribution in [-0.2, 0) is 0 Å². The van der Waals surface area contributed by atoms with Crippen molar-refractivity contribution in [2.45, 2.75) is 0 Å². The molecule has 3 aromatic heterocycles. The van der Waals surface area contributed by atoms with Gasteiger partial charge in [0.15, 0.2) is 0 Å². The van der Waals surface area contributed by atoms with E-state index in [2.05, 4.69) is 109 Å². The van der Waals surface area contributed by atoms with Crippen LogP contribution in [0.15, 0.2) is 150 Å². The third-order valence-electron chi connectivity index (χ3n) is 8.48. The second-order valence-electron chi connectivity index (χ2n) is 11.0. The fourth-order valence-corrected chi connectivity index (χ4v) is 6.41. The van der Waals surface area contributed by atoms with Crippen molar-refractivity contribution < 1.29 is 4.42 Å². The maximum absolute atomic E-state index is 6.90. The minimum atomic E-state index is 0.889. The summed E-state index contributed by atoms with van der Waals surface area (Å²) in [7, 11) is 0. The highest BCUT2D eigenvalue weighted by atomic mass is 16.3. The predicted molar refractivity (Wildman–Crippen MR) is 178 cm³/mol. The molecule has 0 saturated carbocycles. The Balaban J connectivity index is 1.28. The maximum Gasteiger partial charge on any atom is 0.144 e. The van der Waals surface area contributed by atoms with Gasteiger partial charge in [-0.15, -0.1) is 0 Å². The average molecular weight is 549 g/mol. The topological polar surface area (TPSA) is 38.9 Å². The molecule has 0 N–H and O–H groups in total. The molecule has 0 atom stereocenters. The van der Waals surface area contributed by atoms with E-state index in [1.165, 1.54) is 0 Å². The minimum absolute atomic E-state index is 0.889. The molecule has 9 aromatic rings. The van der Waals surface area contributed by atoms with Gasteiger partial charge in [0, 0.05) is 55.2 Å². The second-order valence-corrected chi connectivity index (χ2v) is 11.0. The van der Waals surface area contributed by atoms with E-state index in [0.717, 1.165) is 88.0 Å². The van der Waals surface area contributed by atoms with Crippen molar-refractivity contribution in [1.82, 2.24) is 9.97 Å². The molecule has 6 aromatic carbocycles. The molecule has 200 valence electrons. The van der Waals surface area contributed by atoms with Crippen LogP contribution in [0.4, 0.5) is 0 Å². The summed E-state index contributed by atoms with van der Waals surface area (Å²) in [5, 5.41) is 7.75. The molecular formula is C40H24N2O. The van der Waals surface area contributed by atoms with Gasteiger partial charge >= 0.3 is 0 Å². The van der Waals surface area contributed by atoms with Crippen molar-refractivity contribution >= 4 is 54.4 Å². The Hall–Kier alpha value is -5.80. The van der Waals surface area contributed by atoms with Gasteiger partial charge in [0.25, 0.3) is 0 Å². The molecule has 0 amide bonds. The number of aromatic nitrogens is 2. The third kappa shape index (κ3) is 3.75. The summed E-state index contributed by atoms with van der Waals surface area (Å²) in [6.07, 6.45) is 1.97. The Labute approximate surface area is 247 Å². The first-order chi connectivity index (χ1) is 21.3. The molecule has 3 nitrogen and oxygen atoms in total. The highest BCUT2D eigenvalue weighted by Gasteiger charge is 2.19. The first-order valence-electron chi connectivity index (χ1n) is 14.5. The van der Waals surface area contributed by atoms with Crippen LogP contribution in [0.25, 0.3) is 88.0 Å². The van der Waals surface area contributed by atoms with E-state index in [0.29, 0.717) is 0 Å². The maximum atomic E-state index is 6.90. The fourth-order valence-electron chi connectivity index (χ4n) is 6.41. The predicted octanol–water partition coefficient (Wildman–Crippen LogP) is 10.8. The van der Waals surface area contributed by atoms with Gasteiger partial charge in [0.05, 0.1) is 16.9 Å². The number of hydrogen-bond donors (Lipinski definition) is 0. The van der Waals surface area contributed by atoms with Crippen molar-refractivity contribution in [2.75, 3.05) is 0 Å². The number of rotatable bonds is 3. The summed E-state index contributed by atoms with van der Waals surface area (Å²) in [5.41, 5.74) is 9.06. The number of fused-ring (bicyclic) bond motifs is 8. The molecule has 0 unspecified atom stereocenters. The van der Waals surface area contributed by atoms with Gasteiger partial charge in [0.2, 0.25) is 0 Å². The Morgan fingerprint density at radius 3 is 2.05 bits per heavy atom.